The van der Waals surface area contributed by atoms with E-state index in [4.69, 9.17) is 4.74 Å². The van der Waals surface area contributed by atoms with Crippen molar-refractivity contribution >= 4 is 17.3 Å². The summed E-state index contributed by atoms with van der Waals surface area (Å²) in [4.78, 5) is 11.5. The van der Waals surface area contributed by atoms with Crippen molar-refractivity contribution in [1.29, 1.82) is 0 Å². The lowest BCUT2D eigenvalue weighted by molar-refractivity contribution is 0.0601. The predicted octanol–water partition coefficient (Wildman–Crippen LogP) is 3.12. The predicted molar refractivity (Wildman–Crippen MR) is 75.3 cm³/mol. The molecule has 0 amide bonds. The van der Waals surface area contributed by atoms with E-state index in [1.807, 2.05) is 19.2 Å². The number of hydrogen-bond acceptors (Lipinski definition) is 4. The number of esters is 1. The van der Waals surface area contributed by atoms with E-state index in [1.54, 1.807) is 6.07 Å². The Morgan fingerprint density at radius 3 is 2.67 bits per heavy atom. The fourth-order valence-corrected chi connectivity index (χ4v) is 1.90. The Hall–Kier alpha value is -1.71. The number of nitrogens with one attached hydrogen (secondary N) is 2. The van der Waals surface area contributed by atoms with Crippen LogP contribution >= 0.6 is 0 Å². The minimum absolute atomic E-state index is 0.316. The van der Waals surface area contributed by atoms with Gasteiger partial charge in [0.25, 0.3) is 0 Å². The molecule has 100 valence electrons. The molecule has 0 fully saturated rings. The van der Waals surface area contributed by atoms with Gasteiger partial charge in [-0.15, -0.1) is 0 Å². The zero-order valence-corrected chi connectivity index (χ0v) is 11.5. The lowest BCUT2D eigenvalue weighted by Gasteiger charge is -2.18. The summed E-state index contributed by atoms with van der Waals surface area (Å²) in [5, 5.41) is 6.52. The second-order valence-corrected chi connectivity index (χ2v) is 4.34. The number of carbonyl (C=O) groups excluding carboxylic acids is 1. The van der Waals surface area contributed by atoms with Crippen LogP contribution in [0.4, 0.5) is 11.4 Å². The van der Waals surface area contributed by atoms with Gasteiger partial charge in [0.2, 0.25) is 0 Å². The Kier molecular flexibility index (Phi) is 5.49. The van der Waals surface area contributed by atoms with Gasteiger partial charge in [-0.1, -0.05) is 13.3 Å². The van der Waals surface area contributed by atoms with Crippen LogP contribution in [0.15, 0.2) is 18.2 Å². The molecule has 0 aliphatic carbocycles. The monoisotopic (exact) mass is 250 g/mol. The van der Waals surface area contributed by atoms with Gasteiger partial charge in [0.05, 0.1) is 24.0 Å². The number of rotatable bonds is 6. The van der Waals surface area contributed by atoms with Crippen molar-refractivity contribution in [3.8, 4) is 0 Å². The van der Waals surface area contributed by atoms with Gasteiger partial charge in [0.1, 0.15) is 0 Å². The van der Waals surface area contributed by atoms with E-state index in [9.17, 15) is 4.79 Å². The van der Waals surface area contributed by atoms with Crippen LogP contribution in [0.25, 0.3) is 0 Å². The van der Waals surface area contributed by atoms with Gasteiger partial charge < -0.3 is 15.4 Å². The van der Waals surface area contributed by atoms with E-state index < -0.39 is 0 Å². The SMILES string of the molecule is CCCC(C)Nc1cc(C(=O)OC)ccc1NC. The van der Waals surface area contributed by atoms with Gasteiger partial charge in [0.15, 0.2) is 0 Å². The van der Waals surface area contributed by atoms with Crippen LogP contribution in [0.3, 0.4) is 0 Å². The first-order valence-corrected chi connectivity index (χ1v) is 6.29. The van der Waals surface area contributed by atoms with Gasteiger partial charge in [-0.2, -0.15) is 0 Å². The average Bonchev–Trinajstić information content (AvgIpc) is 2.38. The first-order chi connectivity index (χ1) is 8.62. The summed E-state index contributed by atoms with van der Waals surface area (Å²) in [6, 6.07) is 5.83. The van der Waals surface area contributed by atoms with Crippen LogP contribution in [-0.4, -0.2) is 26.2 Å². The number of carbonyl (C=O) groups is 1. The molecule has 1 rings (SSSR count). The molecular weight excluding hydrogens is 228 g/mol. The maximum absolute atomic E-state index is 11.5. The smallest absolute Gasteiger partial charge is 0.337 e. The normalized spacial score (nSPS) is 11.8. The summed E-state index contributed by atoms with van der Waals surface area (Å²) in [5.41, 5.74) is 2.47. The van der Waals surface area contributed by atoms with Gasteiger partial charge in [-0.3, -0.25) is 0 Å². The van der Waals surface area contributed by atoms with Gasteiger partial charge in [-0.05, 0) is 31.5 Å². The van der Waals surface area contributed by atoms with Crippen molar-refractivity contribution < 1.29 is 9.53 Å². The lowest BCUT2D eigenvalue weighted by atomic mass is 10.1. The molecule has 0 spiro atoms. The molecule has 2 N–H and O–H groups in total. The van der Waals surface area contributed by atoms with Crippen molar-refractivity contribution in [2.24, 2.45) is 0 Å². The number of methoxy groups -OCH3 is 1. The first kappa shape index (κ1) is 14.4. The van der Waals surface area contributed by atoms with E-state index in [0.717, 1.165) is 24.2 Å². The van der Waals surface area contributed by atoms with Gasteiger partial charge in [0, 0.05) is 13.1 Å². The molecule has 0 radical (unpaired) electrons. The molecule has 0 saturated heterocycles. The second kappa shape index (κ2) is 6.89. The number of hydrogen-bond donors (Lipinski definition) is 2. The average molecular weight is 250 g/mol. The minimum atomic E-state index is -0.316. The van der Waals surface area contributed by atoms with Crippen LogP contribution in [-0.2, 0) is 4.74 Å². The molecule has 0 aliphatic rings. The molecule has 0 bridgehead atoms. The zero-order chi connectivity index (χ0) is 13.5. The second-order valence-electron chi connectivity index (χ2n) is 4.34. The van der Waals surface area contributed by atoms with Crippen LogP contribution in [0.1, 0.15) is 37.0 Å². The molecule has 4 heteroatoms. The molecule has 1 atom stereocenters. The molecule has 18 heavy (non-hydrogen) atoms. The standard InChI is InChI=1S/C14H22N2O2/c1-5-6-10(2)16-13-9-11(14(17)18-4)7-8-12(13)15-3/h7-10,15-16H,5-6H2,1-4H3. The van der Waals surface area contributed by atoms with E-state index in [-0.39, 0.29) is 5.97 Å². The quantitative estimate of drug-likeness (QED) is 0.762. The summed E-state index contributed by atoms with van der Waals surface area (Å²) in [6.45, 7) is 4.29. The summed E-state index contributed by atoms with van der Waals surface area (Å²) in [5.74, 6) is -0.316. The number of anilines is 2. The molecule has 4 nitrogen and oxygen atoms in total. The molecule has 1 aromatic carbocycles. The van der Waals surface area contributed by atoms with Crippen LogP contribution < -0.4 is 10.6 Å². The van der Waals surface area contributed by atoms with Crippen LogP contribution in [0.5, 0.6) is 0 Å². The van der Waals surface area contributed by atoms with Gasteiger partial charge >= 0.3 is 5.97 Å². The van der Waals surface area contributed by atoms with E-state index in [0.29, 0.717) is 11.6 Å². The number of ether oxygens (including phenoxy) is 1. The van der Waals surface area contributed by atoms with Gasteiger partial charge in [-0.25, -0.2) is 4.79 Å². The van der Waals surface area contributed by atoms with Crippen molar-refractivity contribution in [3.05, 3.63) is 23.8 Å². The topological polar surface area (TPSA) is 50.4 Å². The Labute approximate surface area is 109 Å². The maximum Gasteiger partial charge on any atom is 0.337 e. The highest BCUT2D eigenvalue weighted by molar-refractivity contribution is 5.92. The Morgan fingerprint density at radius 1 is 1.39 bits per heavy atom. The molecule has 1 aromatic rings. The summed E-state index contributed by atoms with van der Waals surface area (Å²) >= 11 is 0. The molecule has 0 heterocycles. The summed E-state index contributed by atoms with van der Waals surface area (Å²) in [7, 11) is 3.25. The fourth-order valence-electron chi connectivity index (χ4n) is 1.90. The minimum Gasteiger partial charge on any atom is -0.465 e. The third-order valence-corrected chi connectivity index (χ3v) is 2.83. The van der Waals surface area contributed by atoms with E-state index in [2.05, 4.69) is 24.5 Å². The van der Waals surface area contributed by atoms with Crippen LogP contribution in [0.2, 0.25) is 0 Å². The number of benzene rings is 1. The molecular formula is C14H22N2O2. The van der Waals surface area contributed by atoms with Crippen molar-refractivity contribution in [2.45, 2.75) is 32.7 Å². The van der Waals surface area contributed by atoms with E-state index >= 15 is 0 Å². The largest absolute Gasteiger partial charge is 0.465 e. The summed E-state index contributed by atoms with van der Waals surface area (Å²) < 4.78 is 4.73. The molecule has 0 aromatic heterocycles. The highest BCUT2D eigenvalue weighted by atomic mass is 16.5. The highest BCUT2D eigenvalue weighted by Gasteiger charge is 2.10. The third kappa shape index (κ3) is 3.65. The zero-order valence-electron chi connectivity index (χ0n) is 11.5. The van der Waals surface area contributed by atoms with Crippen LogP contribution in [0, 0.1) is 0 Å². The third-order valence-electron chi connectivity index (χ3n) is 2.83. The fraction of sp³-hybridized carbons (Fsp3) is 0.500. The maximum atomic E-state index is 11.5. The Balaban J connectivity index is 2.95. The van der Waals surface area contributed by atoms with Crippen molar-refractivity contribution in [2.75, 3.05) is 24.8 Å². The highest BCUT2D eigenvalue weighted by Crippen LogP contribution is 2.24. The molecule has 1 unspecified atom stereocenters. The van der Waals surface area contributed by atoms with E-state index in [1.165, 1.54) is 7.11 Å². The molecule has 0 aliphatic heterocycles. The molecule has 0 saturated carbocycles. The first-order valence-electron chi connectivity index (χ1n) is 6.29. The Bertz CT molecular complexity index is 405. The van der Waals surface area contributed by atoms with Crippen molar-refractivity contribution in [1.82, 2.24) is 0 Å². The summed E-state index contributed by atoms with van der Waals surface area (Å²) in [6.07, 6.45) is 2.21. The lowest BCUT2D eigenvalue weighted by Crippen LogP contribution is -2.16. The van der Waals surface area contributed by atoms with Crippen molar-refractivity contribution in [3.63, 3.8) is 0 Å². The Morgan fingerprint density at radius 2 is 2.11 bits per heavy atom.